The number of hydrogen-bond donors (Lipinski definition) is 0. The Morgan fingerprint density at radius 3 is 2.56 bits per heavy atom. The summed E-state index contributed by atoms with van der Waals surface area (Å²) in [5.74, 6) is -0.179. The quantitative estimate of drug-likeness (QED) is 0.799. The highest BCUT2D eigenvalue weighted by atomic mass is 16.7. The van der Waals surface area contributed by atoms with Gasteiger partial charge in [0.25, 0.3) is 0 Å². The van der Waals surface area contributed by atoms with Gasteiger partial charge >= 0.3 is 0 Å². The van der Waals surface area contributed by atoms with Crippen molar-refractivity contribution in [3.8, 4) is 0 Å². The maximum Gasteiger partial charge on any atom is 0.228 e. The van der Waals surface area contributed by atoms with E-state index in [-0.39, 0.29) is 17.3 Å². The van der Waals surface area contributed by atoms with Gasteiger partial charge in [0.15, 0.2) is 11.5 Å². The number of rotatable bonds is 2. The third-order valence-electron chi connectivity index (χ3n) is 3.14. The largest absolute Gasteiger partial charge is 0.460 e. The van der Waals surface area contributed by atoms with Crippen LogP contribution in [0.5, 0.6) is 0 Å². The first-order valence-corrected chi connectivity index (χ1v) is 5.92. The van der Waals surface area contributed by atoms with Crippen LogP contribution < -0.4 is 0 Å². The molecule has 0 amide bonds. The van der Waals surface area contributed by atoms with Gasteiger partial charge in [0.2, 0.25) is 12.1 Å². The Kier molecular flexibility index (Phi) is 2.52. The molecule has 4 heteroatoms. The standard InChI is InChI=1S/C14H12O4/c1-2-17-11-7-10-12(15)8-5-3-4-6-9(8)13(16)14(10)18-11/h3-6,11H,2,7H2,1H3. The van der Waals surface area contributed by atoms with Crippen LogP contribution in [0.2, 0.25) is 0 Å². The van der Waals surface area contributed by atoms with Crippen molar-refractivity contribution in [3.05, 3.63) is 46.7 Å². The molecule has 0 fully saturated rings. The monoisotopic (exact) mass is 244 g/mol. The zero-order chi connectivity index (χ0) is 12.7. The van der Waals surface area contributed by atoms with Crippen LogP contribution >= 0.6 is 0 Å². The number of hydrogen-bond acceptors (Lipinski definition) is 4. The summed E-state index contributed by atoms with van der Waals surface area (Å²) in [6.45, 7) is 2.33. The lowest BCUT2D eigenvalue weighted by molar-refractivity contribution is -0.0937. The molecule has 0 N–H and O–H groups in total. The Morgan fingerprint density at radius 1 is 1.22 bits per heavy atom. The van der Waals surface area contributed by atoms with Gasteiger partial charge in [-0.05, 0) is 6.92 Å². The number of carbonyl (C=O) groups excluding carboxylic acids is 2. The maximum absolute atomic E-state index is 12.2. The van der Waals surface area contributed by atoms with Gasteiger partial charge in [0.1, 0.15) is 0 Å². The molecule has 0 saturated heterocycles. The van der Waals surface area contributed by atoms with E-state index in [2.05, 4.69) is 0 Å². The zero-order valence-corrected chi connectivity index (χ0v) is 9.93. The van der Waals surface area contributed by atoms with E-state index >= 15 is 0 Å². The fourth-order valence-electron chi connectivity index (χ4n) is 2.33. The summed E-state index contributed by atoms with van der Waals surface area (Å²) in [5, 5.41) is 0. The zero-order valence-electron chi connectivity index (χ0n) is 9.93. The van der Waals surface area contributed by atoms with Crippen LogP contribution in [0.4, 0.5) is 0 Å². The molecule has 4 nitrogen and oxygen atoms in total. The average molecular weight is 244 g/mol. The van der Waals surface area contributed by atoms with Crippen molar-refractivity contribution in [1.82, 2.24) is 0 Å². The second kappa shape index (κ2) is 4.07. The smallest absolute Gasteiger partial charge is 0.228 e. The van der Waals surface area contributed by atoms with Gasteiger partial charge in [-0.15, -0.1) is 0 Å². The molecular weight excluding hydrogens is 232 g/mol. The highest BCUT2D eigenvalue weighted by Gasteiger charge is 2.40. The minimum Gasteiger partial charge on any atom is -0.460 e. The number of carbonyl (C=O) groups is 2. The SMILES string of the molecule is CCOC1CC2=C(O1)C(=O)c1ccccc1C2=O. The Balaban J connectivity index is 2.01. The summed E-state index contributed by atoms with van der Waals surface area (Å²) in [5.41, 5.74) is 1.32. The number of benzene rings is 1. The van der Waals surface area contributed by atoms with Gasteiger partial charge in [0, 0.05) is 24.2 Å². The van der Waals surface area contributed by atoms with Crippen molar-refractivity contribution in [3.63, 3.8) is 0 Å². The number of ether oxygens (including phenoxy) is 2. The lowest BCUT2D eigenvalue weighted by Gasteiger charge is -2.14. The first-order valence-electron chi connectivity index (χ1n) is 5.92. The Labute approximate surface area is 104 Å². The predicted molar refractivity (Wildman–Crippen MR) is 63.2 cm³/mol. The van der Waals surface area contributed by atoms with Crippen LogP contribution in [0.25, 0.3) is 0 Å². The summed E-state index contributed by atoms with van der Waals surface area (Å²) in [6, 6.07) is 6.82. The number of fused-ring (bicyclic) bond motifs is 1. The molecule has 92 valence electrons. The molecule has 1 aliphatic carbocycles. The van der Waals surface area contributed by atoms with Gasteiger partial charge in [-0.3, -0.25) is 9.59 Å². The van der Waals surface area contributed by atoms with E-state index in [0.29, 0.717) is 29.7 Å². The summed E-state index contributed by atoms with van der Waals surface area (Å²) in [6.07, 6.45) is -0.163. The van der Waals surface area contributed by atoms with Crippen molar-refractivity contribution in [2.75, 3.05) is 6.61 Å². The maximum atomic E-state index is 12.2. The molecule has 1 atom stereocenters. The van der Waals surface area contributed by atoms with E-state index in [1.54, 1.807) is 24.3 Å². The molecule has 18 heavy (non-hydrogen) atoms. The van der Waals surface area contributed by atoms with Crippen molar-refractivity contribution in [2.24, 2.45) is 0 Å². The van der Waals surface area contributed by atoms with Crippen molar-refractivity contribution in [1.29, 1.82) is 0 Å². The van der Waals surface area contributed by atoms with Crippen LogP contribution in [0.3, 0.4) is 0 Å². The first-order chi connectivity index (χ1) is 8.72. The lowest BCUT2D eigenvalue weighted by atomic mass is 9.88. The summed E-state index contributed by atoms with van der Waals surface area (Å²) >= 11 is 0. The third-order valence-corrected chi connectivity index (χ3v) is 3.14. The molecule has 1 aliphatic heterocycles. The highest BCUT2D eigenvalue weighted by molar-refractivity contribution is 6.26. The molecule has 1 unspecified atom stereocenters. The van der Waals surface area contributed by atoms with E-state index in [1.807, 2.05) is 6.92 Å². The third kappa shape index (κ3) is 1.49. The molecule has 2 aliphatic rings. The van der Waals surface area contributed by atoms with Gasteiger partial charge in [0.05, 0.1) is 5.57 Å². The lowest BCUT2D eigenvalue weighted by Crippen LogP contribution is -2.19. The first kappa shape index (κ1) is 11.2. The minimum atomic E-state index is -0.512. The average Bonchev–Trinajstić information content (AvgIpc) is 2.81. The second-order valence-corrected chi connectivity index (χ2v) is 4.22. The molecular formula is C14H12O4. The summed E-state index contributed by atoms with van der Waals surface area (Å²) in [7, 11) is 0. The number of ketones is 2. The van der Waals surface area contributed by atoms with E-state index in [9.17, 15) is 9.59 Å². The summed E-state index contributed by atoms with van der Waals surface area (Å²) < 4.78 is 10.8. The highest BCUT2D eigenvalue weighted by Crippen LogP contribution is 2.35. The number of allylic oxidation sites excluding steroid dienone is 1. The van der Waals surface area contributed by atoms with E-state index in [0.717, 1.165) is 0 Å². The predicted octanol–water partition coefficient (Wildman–Crippen LogP) is 2.10. The van der Waals surface area contributed by atoms with Crippen LogP contribution in [0.1, 0.15) is 34.1 Å². The van der Waals surface area contributed by atoms with Crippen molar-refractivity contribution >= 4 is 11.6 Å². The van der Waals surface area contributed by atoms with Crippen LogP contribution in [-0.2, 0) is 9.47 Å². The molecule has 3 rings (SSSR count). The van der Waals surface area contributed by atoms with Crippen LogP contribution in [0, 0.1) is 0 Å². The molecule has 1 heterocycles. The Hall–Kier alpha value is -1.94. The molecule has 1 aromatic rings. The Bertz CT molecular complexity index is 524. The fraction of sp³-hybridized carbons (Fsp3) is 0.286. The molecule has 0 aromatic heterocycles. The second-order valence-electron chi connectivity index (χ2n) is 4.22. The van der Waals surface area contributed by atoms with E-state index in [1.165, 1.54) is 0 Å². The van der Waals surface area contributed by atoms with Crippen LogP contribution in [0.15, 0.2) is 35.6 Å². The molecule has 1 aromatic carbocycles. The van der Waals surface area contributed by atoms with Crippen molar-refractivity contribution < 1.29 is 19.1 Å². The molecule has 0 radical (unpaired) electrons. The number of Topliss-reactive ketones (excluding diaryl/α,β-unsaturated/α-hetero) is 2. The molecule has 0 spiro atoms. The normalized spacial score (nSPS) is 21.7. The summed E-state index contributed by atoms with van der Waals surface area (Å²) in [4.78, 5) is 24.5. The minimum absolute atomic E-state index is 0.123. The molecule has 0 saturated carbocycles. The van der Waals surface area contributed by atoms with Gasteiger partial charge in [-0.2, -0.15) is 0 Å². The van der Waals surface area contributed by atoms with Gasteiger partial charge < -0.3 is 9.47 Å². The Morgan fingerprint density at radius 2 is 1.89 bits per heavy atom. The van der Waals surface area contributed by atoms with E-state index in [4.69, 9.17) is 9.47 Å². The van der Waals surface area contributed by atoms with Gasteiger partial charge in [-0.25, -0.2) is 0 Å². The molecule has 0 bridgehead atoms. The van der Waals surface area contributed by atoms with Crippen molar-refractivity contribution in [2.45, 2.75) is 19.6 Å². The topological polar surface area (TPSA) is 52.6 Å². The fourth-order valence-corrected chi connectivity index (χ4v) is 2.33. The van der Waals surface area contributed by atoms with Gasteiger partial charge in [-0.1, -0.05) is 24.3 Å². The van der Waals surface area contributed by atoms with E-state index < -0.39 is 6.29 Å². The van der Waals surface area contributed by atoms with Crippen LogP contribution in [-0.4, -0.2) is 24.5 Å².